The molecular formula is C10H18O3. The molecule has 0 amide bonds. The van der Waals surface area contributed by atoms with E-state index in [1.165, 1.54) is 0 Å². The highest BCUT2D eigenvalue weighted by Gasteiger charge is 2.04. The van der Waals surface area contributed by atoms with Crippen LogP contribution in [0.15, 0.2) is 12.7 Å². The second kappa shape index (κ2) is 7.80. The number of carboxylic acids is 1. The third-order valence-electron chi connectivity index (χ3n) is 1.87. The minimum absolute atomic E-state index is 0.151. The van der Waals surface area contributed by atoms with Gasteiger partial charge >= 0.3 is 5.97 Å². The Labute approximate surface area is 79.1 Å². The summed E-state index contributed by atoms with van der Waals surface area (Å²) in [5.41, 5.74) is 0. The van der Waals surface area contributed by atoms with Gasteiger partial charge in [0.2, 0.25) is 0 Å². The lowest BCUT2D eigenvalue weighted by Gasteiger charge is -2.07. The van der Waals surface area contributed by atoms with Crippen LogP contribution in [0.3, 0.4) is 0 Å². The summed E-state index contributed by atoms with van der Waals surface area (Å²) in [6.07, 6.45) is 5.36. The molecule has 0 bridgehead atoms. The van der Waals surface area contributed by atoms with E-state index in [-0.39, 0.29) is 12.5 Å². The molecule has 13 heavy (non-hydrogen) atoms. The molecule has 1 atom stereocenters. The number of aliphatic hydroxyl groups excluding tert-OH is 1. The zero-order chi connectivity index (χ0) is 10.1. The summed E-state index contributed by atoms with van der Waals surface area (Å²) >= 11 is 0. The van der Waals surface area contributed by atoms with Gasteiger partial charge in [-0.2, -0.15) is 0 Å². The van der Waals surface area contributed by atoms with E-state index in [1.54, 1.807) is 0 Å². The number of rotatable bonds is 8. The van der Waals surface area contributed by atoms with Crippen molar-refractivity contribution in [2.24, 2.45) is 0 Å². The van der Waals surface area contributed by atoms with Crippen molar-refractivity contribution in [1.82, 2.24) is 0 Å². The first-order valence-corrected chi connectivity index (χ1v) is 4.67. The number of carbonyl (C=O) groups is 1. The molecule has 0 radical (unpaired) electrons. The lowest BCUT2D eigenvalue weighted by atomic mass is 10.1. The van der Waals surface area contributed by atoms with E-state index < -0.39 is 5.97 Å². The largest absolute Gasteiger partial charge is 0.481 e. The molecule has 3 heteroatoms. The Balaban J connectivity index is 3.24. The standard InChI is InChI=1S/C10H18O3/c1-2-3-4-6-9(11)7-5-8-10(12)13/h2,9,11H,1,3-8H2,(H,12,13). The number of hydrogen-bond donors (Lipinski definition) is 2. The molecule has 0 fully saturated rings. The minimum Gasteiger partial charge on any atom is -0.481 e. The van der Waals surface area contributed by atoms with Gasteiger partial charge in [-0.3, -0.25) is 4.79 Å². The van der Waals surface area contributed by atoms with Gasteiger partial charge in [0.25, 0.3) is 0 Å². The quantitative estimate of drug-likeness (QED) is 0.450. The van der Waals surface area contributed by atoms with Crippen molar-refractivity contribution in [1.29, 1.82) is 0 Å². The van der Waals surface area contributed by atoms with E-state index in [2.05, 4.69) is 6.58 Å². The van der Waals surface area contributed by atoms with Crippen LogP contribution < -0.4 is 0 Å². The minimum atomic E-state index is -0.793. The van der Waals surface area contributed by atoms with Crippen LogP contribution in [0.5, 0.6) is 0 Å². The van der Waals surface area contributed by atoms with Gasteiger partial charge in [0, 0.05) is 6.42 Å². The highest BCUT2D eigenvalue weighted by Crippen LogP contribution is 2.08. The Kier molecular flexibility index (Phi) is 7.30. The highest BCUT2D eigenvalue weighted by atomic mass is 16.4. The molecule has 1 unspecified atom stereocenters. The van der Waals surface area contributed by atoms with Gasteiger partial charge in [-0.25, -0.2) is 0 Å². The van der Waals surface area contributed by atoms with Crippen LogP contribution >= 0.6 is 0 Å². The average molecular weight is 186 g/mol. The molecule has 0 aliphatic carbocycles. The molecule has 0 aromatic heterocycles. The van der Waals surface area contributed by atoms with Crippen LogP contribution in [0.25, 0.3) is 0 Å². The fraction of sp³-hybridized carbons (Fsp3) is 0.700. The summed E-state index contributed by atoms with van der Waals surface area (Å²) in [6, 6.07) is 0. The van der Waals surface area contributed by atoms with E-state index in [0.717, 1.165) is 19.3 Å². The number of allylic oxidation sites excluding steroid dienone is 1. The van der Waals surface area contributed by atoms with Crippen molar-refractivity contribution >= 4 is 5.97 Å². The number of carboxylic acid groups (broad SMARTS) is 1. The van der Waals surface area contributed by atoms with Crippen molar-refractivity contribution in [2.45, 2.75) is 44.6 Å². The van der Waals surface area contributed by atoms with Crippen molar-refractivity contribution in [3.63, 3.8) is 0 Å². The first-order valence-electron chi connectivity index (χ1n) is 4.67. The first-order chi connectivity index (χ1) is 6.16. The SMILES string of the molecule is C=CCCCC(O)CCCC(=O)O. The van der Waals surface area contributed by atoms with Gasteiger partial charge in [-0.15, -0.1) is 6.58 Å². The zero-order valence-corrected chi connectivity index (χ0v) is 7.91. The van der Waals surface area contributed by atoms with E-state index in [1.807, 2.05) is 6.08 Å². The molecule has 0 aromatic carbocycles. The molecule has 0 saturated carbocycles. The number of unbranched alkanes of at least 4 members (excludes halogenated alkanes) is 1. The van der Waals surface area contributed by atoms with Gasteiger partial charge < -0.3 is 10.2 Å². The first kappa shape index (κ1) is 12.2. The summed E-state index contributed by atoms with van der Waals surface area (Å²) in [5, 5.41) is 17.7. The second-order valence-electron chi connectivity index (χ2n) is 3.16. The molecule has 0 heterocycles. The van der Waals surface area contributed by atoms with E-state index >= 15 is 0 Å². The highest BCUT2D eigenvalue weighted by molar-refractivity contribution is 5.66. The smallest absolute Gasteiger partial charge is 0.303 e. The van der Waals surface area contributed by atoms with Crippen molar-refractivity contribution < 1.29 is 15.0 Å². The van der Waals surface area contributed by atoms with E-state index in [9.17, 15) is 9.90 Å². The topological polar surface area (TPSA) is 57.5 Å². The van der Waals surface area contributed by atoms with Crippen LogP contribution in [0, 0.1) is 0 Å². The Morgan fingerprint density at radius 2 is 2.00 bits per heavy atom. The maximum Gasteiger partial charge on any atom is 0.303 e. The van der Waals surface area contributed by atoms with E-state index in [0.29, 0.717) is 12.8 Å². The van der Waals surface area contributed by atoms with Gasteiger partial charge in [-0.05, 0) is 32.1 Å². The van der Waals surface area contributed by atoms with Gasteiger partial charge in [0.15, 0.2) is 0 Å². The normalized spacial score (nSPS) is 12.4. The Bertz CT molecular complexity index is 154. The summed E-state index contributed by atoms with van der Waals surface area (Å²) in [4.78, 5) is 10.1. The fourth-order valence-corrected chi connectivity index (χ4v) is 1.13. The lowest BCUT2D eigenvalue weighted by Crippen LogP contribution is -2.07. The predicted molar refractivity (Wildman–Crippen MR) is 51.5 cm³/mol. The van der Waals surface area contributed by atoms with Crippen molar-refractivity contribution in [2.75, 3.05) is 0 Å². The Morgan fingerprint density at radius 1 is 1.38 bits per heavy atom. The Morgan fingerprint density at radius 3 is 2.54 bits per heavy atom. The summed E-state index contributed by atoms with van der Waals surface area (Å²) in [6.45, 7) is 3.58. The second-order valence-corrected chi connectivity index (χ2v) is 3.16. The number of hydrogen-bond acceptors (Lipinski definition) is 2. The molecule has 0 aliphatic rings. The number of aliphatic hydroxyl groups is 1. The molecule has 0 rings (SSSR count). The fourth-order valence-electron chi connectivity index (χ4n) is 1.13. The summed E-state index contributed by atoms with van der Waals surface area (Å²) < 4.78 is 0. The monoisotopic (exact) mass is 186 g/mol. The third-order valence-corrected chi connectivity index (χ3v) is 1.87. The molecule has 3 nitrogen and oxygen atoms in total. The molecule has 2 N–H and O–H groups in total. The van der Waals surface area contributed by atoms with Crippen LogP contribution in [-0.2, 0) is 4.79 Å². The molecular weight excluding hydrogens is 168 g/mol. The van der Waals surface area contributed by atoms with Gasteiger partial charge in [0.05, 0.1) is 6.10 Å². The summed E-state index contributed by atoms with van der Waals surface area (Å²) in [5.74, 6) is -0.793. The molecule has 0 spiro atoms. The molecule has 0 aromatic rings. The van der Waals surface area contributed by atoms with Crippen molar-refractivity contribution in [3.8, 4) is 0 Å². The molecule has 0 saturated heterocycles. The van der Waals surface area contributed by atoms with Crippen molar-refractivity contribution in [3.05, 3.63) is 12.7 Å². The zero-order valence-electron chi connectivity index (χ0n) is 7.91. The van der Waals surface area contributed by atoms with Crippen LogP contribution in [0.1, 0.15) is 38.5 Å². The number of aliphatic carboxylic acids is 1. The van der Waals surface area contributed by atoms with Crippen LogP contribution in [-0.4, -0.2) is 22.3 Å². The average Bonchev–Trinajstić information content (AvgIpc) is 2.04. The molecule has 0 aliphatic heterocycles. The predicted octanol–water partition coefficient (Wildman–Crippen LogP) is 1.96. The summed E-state index contributed by atoms with van der Waals surface area (Å²) in [7, 11) is 0. The third kappa shape index (κ3) is 9.08. The maximum absolute atomic E-state index is 10.1. The lowest BCUT2D eigenvalue weighted by molar-refractivity contribution is -0.137. The Hall–Kier alpha value is -0.830. The maximum atomic E-state index is 10.1. The van der Waals surface area contributed by atoms with E-state index in [4.69, 9.17) is 5.11 Å². The van der Waals surface area contributed by atoms with Gasteiger partial charge in [0.1, 0.15) is 0 Å². The molecule has 76 valence electrons. The van der Waals surface area contributed by atoms with Gasteiger partial charge in [-0.1, -0.05) is 6.08 Å². The van der Waals surface area contributed by atoms with Crippen LogP contribution in [0.2, 0.25) is 0 Å². The van der Waals surface area contributed by atoms with Crippen LogP contribution in [0.4, 0.5) is 0 Å².